The predicted octanol–water partition coefficient (Wildman–Crippen LogP) is 1.44. The fourth-order valence-corrected chi connectivity index (χ4v) is 1.99. The van der Waals surface area contributed by atoms with E-state index in [4.69, 9.17) is 10.5 Å². The number of para-hydroxylation sites is 1. The summed E-state index contributed by atoms with van der Waals surface area (Å²) >= 11 is 0. The highest BCUT2D eigenvalue weighted by Gasteiger charge is 2.17. The summed E-state index contributed by atoms with van der Waals surface area (Å²) in [7, 11) is 1.49. The first-order valence-corrected chi connectivity index (χ1v) is 7.00. The normalized spacial score (nSPS) is 12.4. The first-order chi connectivity index (χ1) is 9.65. The monoisotopic (exact) mass is 279 g/mol. The summed E-state index contributed by atoms with van der Waals surface area (Å²) in [5, 5.41) is 2.90. The Labute approximate surface area is 121 Å². The van der Waals surface area contributed by atoms with E-state index in [-0.39, 0.29) is 12.5 Å². The Hall–Kier alpha value is -1.43. The Balaban J connectivity index is 2.82. The molecule has 1 aromatic carbocycles. The number of rotatable bonds is 8. The number of amides is 1. The third-order valence-electron chi connectivity index (χ3n) is 3.35. The second-order valence-electron chi connectivity index (χ2n) is 4.57. The Bertz CT molecular complexity index is 415. The SMILES string of the molecule is CCN(CC)Cc1ccccc1NC(=O)C(CN)OC. The van der Waals surface area contributed by atoms with E-state index in [2.05, 4.69) is 24.1 Å². The first-order valence-electron chi connectivity index (χ1n) is 7.00. The maximum atomic E-state index is 12.0. The highest BCUT2D eigenvalue weighted by Crippen LogP contribution is 2.17. The minimum absolute atomic E-state index is 0.167. The van der Waals surface area contributed by atoms with Gasteiger partial charge in [-0.25, -0.2) is 0 Å². The van der Waals surface area contributed by atoms with Crippen molar-refractivity contribution in [1.29, 1.82) is 0 Å². The van der Waals surface area contributed by atoms with Crippen LogP contribution in [0.25, 0.3) is 0 Å². The summed E-state index contributed by atoms with van der Waals surface area (Å²) in [4.78, 5) is 14.3. The molecule has 0 radical (unpaired) electrons. The fraction of sp³-hybridized carbons (Fsp3) is 0.533. The number of benzene rings is 1. The molecule has 1 aromatic rings. The van der Waals surface area contributed by atoms with Gasteiger partial charge in [0.2, 0.25) is 0 Å². The quantitative estimate of drug-likeness (QED) is 0.755. The van der Waals surface area contributed by atoms with Crippen LogP contribution in [-0.4, -0.2) is 43.7 Å². The topological polar surface area (TPSA) is 67.6 Å². The molecule has 1 amide bonds. The molecule has 1 atom stereocenters. The van der Waals surface area contributed by atoms with Crippen molar-refractivity contribution in [1.82, 2.24) is 4.90 Å². The second kappa shape index (κ2) is 8.68. The molecule has 0 fully saturated rings. The Morgan fingerprint density at radius 3 is 2.55 bits per heavy atom. The summed E-state index contributed by atoms with van der Waals surface area (Å²) < 4.78 is 5.05. The lowest BCUT2D eigenvalue weighted by Gasteiger charge is -2.21. The fourth-order valence-electron chi connectivity index (χ4n) is 1.99. The Morgan fingerprint density at radius 2 is 2.00 bits per heavy atom. The Kier molecular flexibility index (Phi) is 7.22. The lowest BCUT2D eigenvalue weighted by Crippen LogP contribution is -2.36. The largest absolute Gasteiger partial charge is 0.370 e. The second-order valence-corrected chi connectivity index (χ2v) is 4.57. The molecule has 1 rings (SSSR count). The maximum Gasteiger partial charge on any atom is 0.254 e. The number of hydrogen-bond donors (Lipinski definition) is 2. The van der Waals surface area contributed by atoms with E-state index in [1.165, 1.54) is 7.11 Å². The number of nitrogens with zero attached hydrogens (tertiary/aromatic N) is 1. The van der Waals surface area contributed by atoms with Crippen LogP contribution in [-0.2, 0) is 16.1 Å². The molecule has 0 aromatic heterocycles. The molecule has 5 heteroatoms. The smallest absolute Gasteiger partial charge is 0.254 e. The number of nitrogens with two attached hydrogens (primary N) is 1. The first kappa shape index (κ1) is 16.6. The van der Waals surface area contributed by atoms with Crippen molar-refractivity contribution in [2.24, 2.45) is 5.73 Å². The number of ether oxygens (including phenoxy) is 1. The van der Waals surface area contributed by atoms with E-state index in [0.29, 0.717) is 0 Å². The van der Waals surface area contributed by atoms with Crippen LogP contribution in [0.3, 0.4) is 0 Å². The van der Waals surface area contributed by atoms with Gasteiger partial charge in [-0.1, -0.05) is 32.0 Å². The molecule has 3 N–H and O–H groups in total. The molecule has 0 heterocycles. The average Bonchev–Trinajstić information content (AvgIpc) is 2.47. The van der Waals surface area contributed by atoms with Gasteiger partial charge in [0.15, 0.2) is 0 Å². The van der Waals surface area contributed by atoms with Crippen molar-refractivity contribution in [2.75, 3.05) is 32.1 Å². The van der Waals surface area contributed by atoms with Gasteiger partial charge in [0, 0.05) is 25.9 Å². The van der Waals surface area contributed by atoms with Crippen molar-refractivity contribution in [3.05, 3.63) is 29.8 Å². The summed E-state index contributed by atoms with van der Waals surface area (Å²) in [6.07, 6.45) is -0.614. The summed E-state index contributed by atoms with van der Waals surface area (Å²) in [6, 6.07) is 7.81. The van der Waals surface area contributed by atoms with E-state index in [0.717, 1.165) is 30.9 Å². The minimum atomic E-state index is -0.614. The van der Waals surface area contributed by atoms with Crippen LogP contribution in [0.15, 0.2) is 24.3 Å². The zero-order valence-corrected chi connectivity index (χ0v) is 12.6. The van der Waals surface area contributed by atoms with Gasteiger partial charge in [-0.2, -0.15) is 0 Å². The van der Waals surface area contributed by atoms with Gasteiger partial charge in [0.25, 0.3) is 5.91 Å². The molecule has 20 heavy (non-hydrogen) atoms. The van der Waals surface area contributed by atoms with E-state index in [1.54, 1.807) is 0 Å². The van der Waals surface area contributed by atoms with Gasteiger partial charge in [-0.3, -0.25) is 9.69 Å². The van der Waals surface area contributed by atoms with Gasteiger partial charge in [-0.05, 0) is 24.7 Å². The van der Waals surface area contributed by atoms with Crippen molar-refractivity contribution in [2.45, 2.75) is 26.5 Å². The molecule has 0 aliphatic heterocycles. The number of carbonyl (C=O) groups is 1. The molecular formula is C15H25N3O2. The van der Waals surface area contributed by atoms with E-state index >= 15 is 0 Å². The van der Waals surface area contributed by atoms with Gasteiger partial charge in [0.05, 0.1) is 0 Å². The standard InChI is InChI=1S/C15H25N3O2/c1-4-18(5-2)11-12-8-6-7-9-13(12)17-15(19)14(10-16)20-3/h6-9,14H,4-5,10-11,16H2,1-3H3,(H,17,19). The maximum absolute atomic E-state index is 12.0. The summed E-state index contributed by atoms with van der Waals surface area (Å²) in [5.41, 5.74) is 7.42. The van der Waals surface area contributed by atoms with Crippen molar-refractivity contribution < 1.29 is 9.53 Å². The highest BCUT2D eigenvalue weighted by atomic mass is 16.5. The predicted molar refractivity (Wildman–Crippen MR) is 81.5 cm³/mol. The van der Waals surface area contributed by atoms with E-state index < -0.39 is 6.10 Å². The lowest BCUT2D eigenvalue weighted by atomic mass is 10.1. The molecule has 0 aliphatic carbocycles. The molecular weight excluding hydrogens is 254 g/mol. The average molecular weight is 279 g/mol. The number of anilines is 1. The number of hydrogen-bond acceptors (Lipinski definition) is 4. The van der Waals surface area contributed by atoms with Gasteiger partial charge >= 0.3 is 0 Å². The van der Waals surface area contributed by atoms with Crippen LogP contribution in [0.4, 0.5) is 5.69 Å². The molecule has 0 spiro atoms. The molecule has 0 saturated carbocycles. The van der Waals surface area contributed by atoms with Gasteiger partial charge in [0.1, 0.15) is 6.10 Å². The van der Waals surface area contributed by atoms with Crippen LogP contribution in [0.2, 0.25) is 0 Å². The van der Waals surface area contributed by atoms with E-state index in [1.807, 2.05) is 24.3 Å². The summed E-state index contributed by atoms with van der Waals surface area (Å²) in [5.74, 6) is -0.206. The van der Waals surface area contributed by atoms with Gasteiger partial charge < -0.3 is 15.8 Å². The van der Waals surface area contributed by atoms with Crippen LogP contribution >= 0.6 is 0 Å². The summed E-state index contributed by atoms with van der Waals surface area (Å²) in [6.45, 7) is 7.18. The molecule has 1 unspecified atom stereocenters. The number of nitrogens with one attached hydrogen (secondary N) is 1. The van der Waals surface area contributed by atoms with Gasteiger partial charge in [-0.15, -0.1) is 0 Å². The lowest BCUT2D eigenvalue weighted by molar-refractivity contribution is -0.125. The van der Waals surface area contributed by atoms with Crippen LogP contribution in [0.5, 0.6) is 0 Å². The zero-order valence-electron chi connectivity index (χ0n) is 12.6. The third kappa shape index (κ3) is 4.59. The van der Waals surface area contributed by atoms with Crippen LogP contribution in [0.1, 0.15) is 19.4 Å². The van der Waals surface area contributed by atoms with Crippen molar-refractivity contribution in [3.63, 3.8) is 0 Å². The minimum Gasteiger partial charge on any atom is -0.370 e. The van der Waals surface area contributed by atoms with E-state index in [9.17, 15) is 4.79 Å². The van der Waals surface area contributed by atoms with Crippen molar-refractivity contribution >= 4 is 11.6 Å². The zero-order chi connectivity index (χ0) is 15.0. The molecule has 112 valence electrons. The third-order valence-corrected chi connectivity index (χ3v) is 3.35. The van der Waals surface area contributed by atoms with Crippen molar-refractivity contribution in [3.8, 4) is 0 Å². The molecule has 0 aliphatic rings. The Morgan fingerprint density at radius 1 is 1.35 bits per heavy atom. The number of methoxy groups -OCH3 is 1. The van der Waals surface area contributed by atoms with Crippen LogP contribution < -0.4 is 11.1 Å². The molecule has 5 nitrogen and oxygen atoms in total. The molecule has 0 bridgehead atoms. The van der Waals surface area contributed by atoms with Crippen LogP contribution in [0, 0.1) is 0 Å². The molecule has 0 saturated heterocycles. The number of carbonyl (C=O) groups excluding carboxylic acids is 1. The highest BCUT2D eigenvalue weighted by molar-refractivity contribution is 5.95.